The van der Waals surface area contributed by atoms with Gasteiger partial charge in [0.2, 0.25) is 41.4 Å². The van der Waals surface area contributed by atoms with Gasteiger partial charge in [-0.1, -0.05) is 58.0 Å². The smallest absolute Gasteiger partial charge is 0.305 e. The first-order valence-electron chi connectivity index (χ1n) is 19.4. The molecule has 21 nitrogen and oxygen atoms in total. The highest BCUT2D eigenvalue weighted by Gasteiger charge is 2.35. The Morgan fingerprint density at radius 2 is 1.15 bits per heavy atom. The zero-order chi connectivity index (χ0) is 44.8. The predicted molar refractivity (Wildman–Crippen MR) is 212 cm³/mol. The number of primary amides is 1. The van der Waals surface area contributed by atoms with Gasteiger partial charge in [0.1, 0.15) is 36.3 Å². The molecule has 7 atom stereocenters. The van der Waals surface area contributed by atoms with Gasteiger partial charge in [-0.15, -0.1) is 0 Å². The highest BCUT2D eigenvalue weighted by atomic mass is 16.4. The van der Waals surface area contributed by atoms with Crippen LogP contribution in [0.4, 0.5) is 0 Å². The lowest BCUT2D eigenvalue weighted by Gasteiger charge is -2.28. The Morgan fingerprint density at radius 1 is 0.627 bits per heavy atom. The number of rotatable bonds is 28. The van der Waals surface area contributed by atoms with Gasteiger partial charge in [0.25, 0.3) is 0 Å². The van der Waals surface area contributed by atoms with Crippen LogP contribution in [-0.2, 0) is 49.6 Å². The van der Waals surface area contributed by atoms with Crippen molar-refractivity contribution in [3.63, 3.8) is 0 Å². The number of carboxylic acids is 2. The number of nitrogens with two attached hydrogens (primary N) is 3. The topological polar surface area (TPSA) is 365 Å². The van der Waals surface area contributed by atoms with Crippen molar-refractivity contribution in [1.29, 1.82) is 0 Å². The second-order valence-corrected chi connectivity index (χ2v) is 14.9. The molecule has 21 heteroatoms. The molecular weight excluding hydrogens is 774 g/mol. The molecule has 0 aliphatic carbocycles. The lowest BCUT2D eigenvalue weighted by Crippen LogP contribution is -2.61. The molecule has 59 heavy (non-hydrogen) atoms. The number of amides is 7. The van der Waals surface area contributed by atoms with Gasteiger partial charge in [-0.2, -0.15) is 0 Å². The van der Waals surface area contributed by atoms with E-state index in [9.17, 15) is 53.4 Å². The highest BCUT2D eigenvalue weighted by molar-refractivity contribution is 5.98. The van der Waals surface area contributed by atoms with Crippen molar-refractivity contribution < 1.29 is 58.5 Å². The number of hydrogen-bond acceptors (Lipinski definition) is 12. The maximum absolute atomic E-state index is 13.6. The fourth-order valence-corrected chi connectivity index (χ4v) is 5.67. The number of hydrogen-bond donors (Lipinski definition) is 12. The van der Waals surface area contributed by atoms with Crippen LogP contribution in [0.5, 0.6) is 0 Å². The third-order valence-corrected chi connectivity index (χ3v) is 8.94. The normalized spacial score (nSPS) is 14.7. The summed E-state index contributed by atoms with van der Waals surface area (Å²) >= 11 is 0. The summed E-state index contributed by atoms with van der Waals surface area (Å²) in [6.45, 7) is 6.01. The Balaban J connectivity index is 3.25. The van der Waals surface area contributed by atoms with Gasteiger partial charge in [-0.25, -0.2) is 0 Å². The molecule has 0 fully saturated rings. The standard InChI is InChI=1S/C38H61N9O12/c1-20(2)16-25(45-38(59)31(21(3)4)47-33(54)23(40)13-14-29(49)50)34(55)46-28(19-48)37(58)44-27(18-30(51)52)36(57)43-26(17-22-10-6-5-7-11-22)35(56)42-24(32(41)53)12-8-9-15-39/h5-7,10-11,20-21,23-28,31,48H,8-9,12-19,39-40H2,1-4H3,(H2,41,53)(H,42,56)(H,43,57)(H,44,58)(H,45,59)(H,46,55)(H,47,54)(H,49,50)(H,51,52)/t23-,24-,25-,26-,27-,28-,31-/m0/s1. The number of aliphatic carboxylic acids is 2. The van der Waals surface area contributed by atoms with Gasteiger partial charge < -0.3 is 64.4 Å². The maximum atomic E-state index is 13.6. The minimum atomic E-state index is -1.84. The van der Waals surface area contributed by atoms with Crippen LogP contribution in [0, 0.1) is 11.8 Å². The van der Waals surface area contributed by atoms with Crippen LogP contribution in [-0.4, -0.2) is 124 Å². The Hall–Kier alpha value is -5.67. The zero-order valence-corrected chi connectivity index (χ0v) is 33.9. The molecule has 1 aromatic rings. The van der Waals surface area contributed by atoms with Crippen molar-refractivity contribution in [2.24, 2.45) is 29.0 Å². The molecule has 0 saturated carbocycles. The van der Waals surface area contributed by atoms with Gasteiger partial charge in [-0.3, -0.25) is 43.2 Å². The number of carboxylic acid groups (broad SMARTS) is 2. The van der Waals surface area contributed by atoms with Gasteiger partial charge in [0, 0.05) is 12.8 Å². The fourth-order valence-electron chi connectivity index (χ4n) is 5.67. The van der Waals surface area contributed by atoms with E-state index in [1.165, 1.54) is 0 Å². The lowest BCUT2D eigenvalue weighted by molar-refractivity contribution is -0.142. The van der Waals surface area contributed by atoms with Crippen molar-refractivity contribution in [3.8, 4) is 0 Å². The van der Waals surface area contributed by atoms with E-state index in [4.69, 9.17) is 22.3 Å². The third-order valence-electron chi connectivity index (χ3n) is 8.94. The summed E-state index contributed by atoms with van der Waals surface area (Å²) in [6.07, 6.45) is -0.476. The number of benzene rings is 1. The Morgan fingerprint density at radius 3 is 1.68 bits per heavy atom. The molecule has 0 spiro atoms. The SMILES string of the molecule is CC(C)C[C@H](NC(=O)[C@@H](NC(=O)[C@@H](N)CCC(=O)O)C(C)C)C(=O)N[C@@H](CO)C(=O)N[C@@H](CC(=O)O)C(=O)N[C@@H](Cc1ccccc1)C(=O)N[C@@H](CCCCN)C(N)=O. The van der Waals surface area contributed by atoms with E-state index < -0.39 is 115 Å². The summed E-state index contributed by atoms with van der Waals surface area (Å²) in [6, 6.07) is -1.44. The van der Waals surface area contributed by atoms with Crippen molar-refractivity contribution in [3.05, 3.63) is 35.9 Å². The van der Waals surface area contributed by atoms with Gasteiger partial charge in [-0.05, 0) is 56.0 Å². The van der Waals surface area contributed by atoms with Gasteiger partial charge in [0.15, 0.2) is 0 Å². The van der Waals surface area contributed by atoms with E-state index in [-0.39, 0.29) is 38.0 Å². The maximum Gasteiger partial charge on any atom is 0.305 e. The van der Waals surface area contributed by atoms with E-state index in [0.29, 0.717) is 24.9 Å². The van der Waals surface area contributed by atoms with Crippen molar-refractivity contribution in [1.82, 2.24) is 31.9 Å². The molecule has 0 aromatic heterocycles. The monoisotopic (exact) mass is 835 g/mol. The van der Waals surface area contributed by atoms with Crippen LogP contribution < -0.4 is 49.1 Å². The Labute approximate surface area is 342 Å². The summed E-state index contributed by atoms with van der Waals surface area (Å²) in [5, 5.41) is 43.1. The van der Waals surface area contributed by atoms with Crippen molar-refractivity contribution in [2.75, 3.05) is 13.2 Å². The first-order chi connectivity index (χ1) is 27.7. The summed E-state index contributed by atoms with van der Waals surface area (Å²) in [4.78, 5) is 115. The van der Waals surface area contributed by atoms with E-state index in [2.05, 4.69) is 31.9 Å². The number of unbranched alkanes of at least 4 members (excludes halogenated alkanes) is 1. The molecule has 0 unspecified atom stereocenters. The molecule has 7 amide bonds. The predicted octanol–water partition coefficient (Wildman–Crippen LogP) is -2.89. The molecule has 15 N–H and O–H groups in total. The second kappa shape index (κ2) is 26.4. The summed E-state index contributed by atoms with van der Waals surface area (Å²) in [7, 11) is 0. The van der Waals surface area contributed by atoms with Crippen molar-refractivity contribution >= 4 is 53.3 Å². The highest BCUT2D eigenvalue weighted by Crippen LogP contribution is 2.11. The Kier molecular flexibility index (Phi) is 22.9. The second-order valence-electron chi connectivity index (χ2n) is 14.9. The fraction of sp³-hybridized carbons (Fsp3) is 0.605. The average Bonchev–Trinajstić information content (AvgIpc) is 3.16. The van der Waals surface area contributed by atoms with Crippen LogP contribution >= 0.6 is 0 Å². The van der Waals surface area contributed by atoms with Gasteiger partial charge in [0.05, 0.1) is 19.1 Å². The molecule has 1 rings (SSSR count). The van der Waals surface area contributed by atoms with Crippen LogP contribution in [0.15, 0.2) is 30.3 Å². The molecule has 0 radical (unpaired) electrons. The number of aliphatic hydroxyl groups is 1. The van der Waals surface area contributed by atoms with Crippen molar-refractivity contribution in [2.45, 2.75) is 121 Å². The molecule has 0 bridgehead atoms. The molecule has 1 aromatic carbocycles. The van der Waals surface area contributed by atoms with Crippen LogP contribution in [0.2, 0.25) is 0 Å². The largest absolute Gasteiger partial charge is 0.481 e. The quantitative estimate of drug-likeness (QED) is 0.0377. The average molecular weight is 836 g/mol. The molecule has 0 aliphatic rings. The zero-order valence-electron chi connectivity index (χ0n) is 33.9. The summed E-state index contributed by atoms with van der Waals surface area (Å²) in [5.74, 6) is -9.90. The van der Waals surface area contributed by atoms with E-state index >= 15 is 0 Å². The van der Waals surface area contributed by atoms with E-state index in [1.54, 1.807) is 58.0 Å². The number of nitrogens with one attached hydrogen (secondary N) is 6. The van der Waals surface area contributed by atoms with Crippen LogP contribution in [0.1, 0.15) is 78.2 Å². The number of carbonyl (C=O) groups excluding carboxylic acids is 7. The van der Waals surface area contributed by atoms with Gasteiger partial charge >= 0.3 is 11.9 Å². The molecule has 0 saturated heterocycles. The third kappa shape index (κ3) is 19.6. The minimum absolute atomic E-state index is 0.0206. The summed E-state index contributed by atoms with van der Waals surface area (Å²) in [5.41, 5.74) is 17.4. The van der Waals surface area contributed by atoms with Crippen LogP contribution in [0.3, 0.4) is 0 Å². The first-order valence-corrected chi connectivity index (χ1v) is 19.4. The molecular formula is C38H61N9O12. The Bertz CT molecular complexity index is 1590. The first kappa shape index (κ1) is 51.3. The number of carbonyl (C=O) groups is 9. The lowest BCUT2D eigenvalue weighted by atomic mass is 9.99. The minimum Gasteiger partial charge on any atom is -0.481 e. The molecule has 330 valence electrons. The number of aliphatic hydroxyl groups excluding tert-OH is 1. The van der Waals surface area contributed by atoms with E-state index in [1.807, 2.05) is 0 Å². The molecule has 0 heterocycles. The molecule has 0 aliphatic heterocycles. The summed E-state index contributed by atoms with van der Waals surface area (Å²) < 4.78 is 0. The van der Waals surface area contributed by atoms with Crippen LogP contribution in [0.25, 0.3) is 0 Å². The van der Waals surface area contributed by atoms with E-state index in [0.717, 1.165) is 0 Å².